The number of rotatable bonds is 6. The van der Waals surface area contributed by atoms with Crippen LogP contribution in [0.25, 0.3) is 0 Å². The average Bonchev–Trinajstić information content (AvgIpc) is 2.51. The van der Waals surface area contributed by atoms with E-state index in [2.05, 4.69) is 4.72 Å². The molecule has 7 heteroatoms. The van der Waals surface area contributed by atoms with E-state index in [1.165, 1.54) is 0 Å². The topological polar surface area (TPSA) is 75.7 Å². The maximum Gasteiger partial charge on any atom is 0.222 e. The first-order valence-electron chi connectivity index (χ1n) is 7.75. The number of hydrogen-bond acceptors (Lipinski definition) is 4. The molecule has 2 rings (SSSR count). The maximum atomic E-state index is 12.4. The van der Waals surface area contributed by atoms with Crippen LogP contribution in [0.1, 0.15) is 24.8 Å². The van der Waals surface area contributed by atoms with Gasteiger partial charge in [0.25, 0.3) is 0 Å². The molecule has 0 aromatic heterocycles. The third-order valence-electron chi connectivity index (χ3n) is 3.92. The van der Waals surface area contributed by atoms with E-state index in [9.17, 15) is 13.2 Å². The van der Waals surface area contributed by atoms with Gasteiger partial charge in [0.1, 0.15) is 5.75 Å². The van der Waals surface area contributed by atoms with Gasteiger partial charge in [0.05, 0.1) is 13.4 Å². The first kappa shape index (κ1) is 17.7. The van der Waals surface area contributed by atoms with Gasteiger partial charge in [-0.05, 0) is 37.0 Å². The number of methoxy groups -OCH3 is 1. The first-order valence-corrected chi connectivity index (χ1v) is 9.64. The highest BCUT2D eigenvalue weighted by atomic mass is 32.2. The van der Waals surface area contributed by atoms with Crippen LogP contribution in [-0.2, 0) is 21.2 Å². The number of benzene rings is 1. The summed E-state index contributed by atoms with van der Waals surface area (Å²) in [6.07, 6.45) is 3.80. The van der Waals surface area contributed by atoms with Crippen molar-refractivity contribution < 1.29 is 17.9 Å². The van der Waals surface area contributed by atoms with Gasteiger partial charge >= 0.3 is 0 Å². The molecule has 128 valence electrons. The molecule has 1 atom stereocenters. The number of ether oxygens (including phenoxy) is 1. The Bertz CT molecular complexity index is 645. The molecule has 1 aromatic rings. The summed E-state index contributed by atoms with van der Waals surface area (Å²) in [5, 5.41) is 0. The van der Waals surface area contributed by atoms with Crippen molar-refractivity contribution in [2.24, 2.45) is 0 Å². The molecule has 0 bridgehead atoms. The molecule has 1 N–H and O–H groups in total. The zero-order chi connectivity index (χ0) is 16.9. The van der Waals surface area contributed by atoms with Gasteiger partial charge in [-0.3, -0.25) is 4.79 Å². The van der Waals surface area contributed by atoms with E-state index in [4.69, 9.17) is 4.74 Å². The molecular weight excluding hydrogens is 316 g/mol. The Morgan fingerprint density at radius 2 is 2.22 bits per heavy atom. The number of nitrogens with zero attached hydrogens (tertiary/aromatic N) is 1. The van der Waals surface area contributed by atoms with Crippen LogP contribution in [0.15, 0.2) is 24.3 Å². The second-order valence-corrected chi connectivity index (χ2v) is 7.70. The SMILES string of the molecule is COc1cccc(CCC(=O)N2CCC[C@H](NS(C)(=O)=O)C2)c1. The minimum absolute atomic E-state index is 0.0628. The van der Waals surface area contributed by atoms with E-state index in [1.54, 1.807) is 12.0 Å². The van der Waals surface area contributed by atoms with Crippen molar-refractivity contribution in [3.63, 3.8) is 0 Å². The van der Waals surface area contributed by atoms with Crippen LogP contribution in [-0.4, -0.2) is 51.7 Å². The number of aryl methyl sites for hydroxylation is 1. The Hall–Kier alpha value is -1.60. The lowest BCUT2D eigenvalue weighted by Gasteiger charge is -2.32. The quantitative estimate of drug-likeness (QED) is 0.843. The van der Waals surface area contributed by atoms with E-state index in [1.807, 2.05) is 24.3 Å². The number of sulfonamides is 1. The molecule has 1 saturated heterocycles. The molecule has 1 heterocycles. The molecule has 6 nitrogen and oxygen atoms in total. The molecular formula is C16H24N2O4S. The summed E-state index contributed by atoms with van der Waals surface area (Å²) >= 11 is 0. The highest BCUT2D eigenvalue weighted by Gasteiger charge is 2.25. The molecule has 0 saturated carbocycles. The largest absolute Gasteiger partial charge is 0.497 e. The van der Waals surface area contributed by atoms with E-state index in [-0.39, 0.29) is 11.9 Å². The van der Waals surface area contributed by atoms with Gasteiger partial charge < -0.3 is 9.64 Å². The first-order chi connectivity index (χ1) is 10.9. The Balaban J connectivity index is 1.87. The number of carbonyl (C=O) groups excluding carboxylic acids is 1. The summed E-state index contributed by atoms with van der Waals surface area (Å²) in [6, 6.07) is 7.50. The summed E-state index contributed by atoms with van der Waals surface area (Å²) in [5.41, 5.74) is 1.06. The van der Waals surface area contributed by atoms with E-state index >= 15 is 0 Å². The molecule has 1 aromatic carbocycles. The molecule has 1 amide bonds. The number of likely N-dealkylation sites (tertiary alicyclic amines) is 1. The minimum atomic E-state index is -3.24. The third-order valence-corrected chi connectivity index (χ3v) is 4.68. The predicted molar refractivity (Wildman–Crippen MR) is 88.9 cm³/mol. The fraction of sp³-hybridized carbons (Fsp3) is 0.562. The molecule has 23 heavy (non-hydrogen) atoms. The van der Waals surface area contributed by atoms with Gasteiger partial charge in [-0.25, -0.2) is 13.1 Å². The molecule has 0 radical (unpaired) electrons. The second-order valence-electron chi connectivity index (χ2n) is 5.92. The van der Waals surface area contributed by atoms with Gasteiger partial charge in [0.2, 0.25) is 15.9 Å². The fourth-order valence-electron chi connectivity index (χ4n) is 2.84. The predicted octanol–water partition coefficient (Wildman–Crippen LogP) is 1.17. The van der Waals surface area contributed by atoms with E-state index in [0.29, 0.717) is 25.9 Å². The van der Waals surface area contributed by atoms with Crippen LogP contribution < -0.4 is 9.46 Å². The minimum Gasteiger partial charge on any atom is -0.497 e. The highest BCUT2D eigenvalue weighted by Crippen LogP contribution is 2.16. The Labute approximate surface area is 137 Å². The van der Waals surface area contributed by atoms with Crippen LogP contribution in [0.4, 0.5) is 0 Å². The average molecular weight is 340 g/mol. The lowest BCUT2D eigenvalue weighted by molar-refractivity contribution is -0.132. The number of nitrogens with one attached hydrogen (secondary N) is 1. The lowest BCUT2D eigenvalue weighted by atomic mass is 10.0. The monoisotopic (exact) mass is 340 g/mol. The molecule has 0 unspecified atom stereocenters. The van der Waals surface area contributed by atoms with Gasteiger partial charge in [0.15, 0.2) is 0 Å². The van der Waals surface area contributed by atoms with Crippen molar-refractivity contribution in [1.29, 1.82) is 0 Å². The zero-order valence-electron chi connectivity index (χ0n) is 13.6. The van der Waals surface area contributed by atoms with Crippen LogP contribution >= 0.6 is 0 Å². The molecule has 0 aliphatic carbocycles. The number of carbonyl (C=O) groups is 1. The van der Waals surface area contributed by atoms with Crippen molar-refractivity contribution in [2.75, 3.05) is 26.5 Å². The fourth-order valence-corrected chi connectivity index (χ4v) is 3.64. The number of piperidine rings is 1. The van der Waals surface area contributed by atoms with Crippen LogP contribution in [0.5, 0.6) is 5.75 Å². The van der Waals surface area contributed by atoms with Crippen LogP contribution in [0.2, 0.25) is 0 Å². The Kier molecular flexibility index (Phi) is 6.01. The lowest BCUT2D eigenvalue weighted by Crippen LogP contribution is -2.49. The van der Waals surface area contributed by atoms with Gasteiger partial charge in [0, 0.05) is 25.6 Å². The van der Waals surface area contributed by atoms with E-state index in [0.717, 1.165) is 30.4 Å². The summed E-state index contributed by atoms with van der Waals surface area (Å²) < 4.78 is 30.4. The third kappa shape index (κ3) is 5.84. The normalized spacial score (nSPS) is 18.7. The molecule has 1 aliphatic rings. The summed E-state index contributed by atoms with van der Waals surface area (Å²) in [6.45, 7) is 1.14. The van der Waals surface area contributed by atoms with Crippen molar-refractivity contribution in [1.82, 2.24) is 9.62 Å². The smallest absolute Gasteiger partial charge is 0.222 e. The maximum absolute atomic E-state index is 12.4. The van der Waals surface area contributed by atoms with Gasteiger partial charge in [-0.15, -0.1) is 0 Å². The zero-order valence-corrected chi connectivity index (χ0v) is 14.4. The summed E-state index contributed by atoms with van der Waals surface area (Å²) in [7, 11) is -1.62. The summed E-state index contributed by atoms with van der Waals surface area (Å²) in [5.74, 6) is 0.846. The van der Waals surface area contributed by atoms with Crippen molar-refractivity contribution in [3.05, 3.63) is 29.8 Å². The molecule has 1 aliphatic heterocycles. The van der Waals surface area contributed by atoms with Crippen LogP contribution in [0.3, 0.4) is 0 Å². The molecule has 0 spiro atoms. The number of amides is 1. The van der Waals surface area contributed by atoms with Crippen LogP contribution in [0, 0.1) is 0 Å². The van der Waals surface area contributed by atoms with Crippen molar-refractivity contribution in [2.45, 2.75) is 31.7 Å². The Morgan fingerprint density at radius 1 is 1.43 bits per heavy atom. The summed E-state index contributed by atoms with van der Waals surface area (Å²) in [4.78, 5) is 14.1. The highest BCUT2D eigenvalue weighted by molar-refractivity contribution is 7.88. The van der Waals surface area contributed by atoms with Gasteiger partial charge in [-0.1, -0.05) is 12.1 Å². The second kappa shape index (κ2) is 7.79. The van der Waals surface area contributed by atoms with E-state index < -0.39 is 10.0 Å². The number of hydrogen-bond donors (Lipinski definition) is 1. The van der Waals surface area contributed by atoms with Crippen molar-refractivity contribution in [3.8, 4) is 5.75 Å². The van der Waals surface area contributed by atoms with Gasteiger partial charge in [-0.2, -0.15) is 0 Å². The molecule has 1 fully saturated rings. The Morgan fingerprint density at radius 3 is 2.91 bits per heavy atom. The van der Waals surface area contributed by atoms with Crippen molar-refractivity contribution >= 4 is 15.9 Å². The standard InChI is InChI=1S/C16H24N2O4S/c1-22-15-7-3-5-13(11-15)8-9-16(19)18-10-4-6-14(12-18)17-23(2,20)21/h3,5,7,11,14,17H,4,6,8-10,12H2,1-2H3/t14-/m0/s1.